The second-order valence-corrected chi connectivity index (χ2v) is 6.19. The van der Waals surface area contributed by atoms with Crippen molar-refractivity contribution in [2.75, 3.05) is 13.7 Å². The van der Waals surface area contributed by atoms with Gasteiger partial charge in [0.15, 0.2) is 6.61 Å². The number of amides is 1. The van der Waals surface area contributed by atoms with E-state index in [4.69, 9.17) is 9.15 Å². The Morgan fingerprint density at radius 3 is 2.55 bits per heavy atom. The predicted octanol–water partition coefficient (Wildman–Crippen LogP) is 2.73. The molecule has 2 aromatic carbocycles. The number of methoxy groups -OCH3 is 1. The van der Waals surface area contributed by atoms with Crippen LogP contribution < -0.4 is 15.7 Å². The largest absolute Gasteiger partial charge is 0.484 e. The summed E-state index contributed by atoms with van der Waals surface area (Å²) < 4.78 is 28.3. The van der Waals surface area contributed by atoms with E-state index in [0.717, 1.165) is 5.39 Å². The van der Waals surface area contributed by atoms with Crippen molar-refractivity contribution in [1.82, 2.24) is 5.32 Å². The average Bonchev–Trinajstić information content (AvgIpc) is 2.71. The lowest BCUT2D eigenvalue weighted by molar-refractivity contribution is -0.141. The molecule has 1 aromatic heterocycles. The van der Waals surface area contributed by atoms with Crippen molar-refractivity contribution in [2.24, 2.45) is 0 Å². The Labute approximate surface area is 165 Å². The van der Waals surface area contributed by atoms with Crippen LogP contribution in [0.15, 0.2) is 63.8 Å². The van der Waals surface area contributed by atoms with E-state index in [2.05, 4.69) is 10.1 Å². The average molecular weight is 399 g/mol. The summed E-state index contributed by atoms with van der Waals surface area (Å²) in [7, 11) is 1.24. The number of rotatable bonds is 7. The Bertz CT molecular complexity index is 1080. The van der Waals surface area contributed by atoms with E-state index >= 15 is 0 Å². The van der Waals surface area contributed by atoms with Gasteiger partial charge in [-0.2, -0.15) is 0 Å². The molecule has 1 N–H and O–H groups in total. The molecule has 0 bridgehead atoms. The third kappa shape index (κ3) is 5.41. The summed E-state index contributed by atoms with van der Waals surface area (Å²) in [6.07, 6.45) is -0.116. The molecule has 1 heterocycles. The van der Waals surface area contributed by atoms with Crippen LogP contribution >= 0.6 is 0 Å². The highest BCUT2D eigenvalue weighted by atomic mass is 19.1. The van der Waals surface area contributed by atoms with Gasteiger partial charge in [-0.3, -0.25) is 9.59 Å². The van der Waals surface area contributed by atoms with Crippen LogP contribution in [0.1, 0.15) is 18.0 Å². The molecule has 0 aliphatic heterocycles. The zero-order chi connectivity index (χ0) is 20.8. The van der Waals surface area contributed by atoms with Gasteiger partial charge < -0.3 is 19.2 Å². The summed E-state index contributed by atoms with van der Waals surface area (Å²) in [5.74, 6) is -1.10. The van der Waals surface area contributed by atoms with Crippen LogP contribution in [0.5, 0.6) is 5.75 Å². The molecule has 0 saturated carbocycles. The Hall–Kier alpha value is -3.68. The first-order valence-electron chi connectivity index (χ1n) is 8.73. The van der Waals surface area contributed by atoms with Crippen LogP contribution in [0, 0.1) is 5.82 Å². The van der Waals surface area contributed by atoms with Gasteiger partial charge in [0.2, 0.25) is 0 Å². The molecule has 29 heavy (non-hydrogen) atoms. The highest BCUT2D eigenvalue weighted by Gasteiger charge is 2.19. The molecular weight excluding hydrogens is 381 g/mol. The summed E-state index contributed by atoms with van der Waals surface area (Å²) in [6, 6.07) is 12.5. The number of benzene rings is 2. The molecule has 0 saturated heterocycles. The molecule has 0 aliphatic carbocycles. The molecule has 0 fully saturated rings. The number of fused-ring (bicyclic) bond motifs is 1. The maximum atomic E-state index is 13.2. The number of ether oxygens (including phenoxy) is 2. The first-order chi connectivity index (χ1) is 13.9. The maximum absolute atomic E-state index is 13.2. The fourth-order valence-corrected chi connectivity index (χ4v) is 2.71. The number of esters is 1. The Morgan fingerprint density at radius 1 is 1.10 bits per heavy atom. The van der Waals surface area contributed by atoms with E-state index in [-0.39, 0.29) is 13.0 Å². The van der Waals surface area contributed by atoms with Crippen LogP contribution in [-0.4, -0.2) is 25.6 Å². The minimum Gasteiger partial charge on any atom is -0.484 e. The highest BCUT2D eigenvalue weighted by molar-refractivity contribution is 5.80. The molecule has 3 rings (SSSR count). The zero-order valence-electron chi connectivity index (χ0n) is 15.5. The van der Waals surface area contributed by atoms with Gasteiger partial charge >= 0.3 is 11.6 Å². The van der Waals surface area contributed by atoms with E-state index in [0.29, 0.717) is 16.9 Å². The minimum absolute atomic E-state index is 0.116. The van der Waals surface area contributed by atoms with Gasteiger partial charge in [0.25, 0.3) is 5.91 Å². The molecular formula is C21H18FNO6. The van der Waals surface area contributed by atoms with Crippen LogP contribution in [0.3, 0.4) is 0 Å². The van der Waals surface area contributed by atoms with E-state index in [1.54, 1.807) is 18.2 Å². The quantitative estimate of drug-likeness (QED) is 0.485. The van der Waals surface area contributed by atoms with Crippen LogP contribution in [0.2, 0.25) is 0 Å². The number of hydrogen-bond donors (Lipinski definition) is 1. The van der Waals surface area contributed by atoms with Gasteiger partial charge in [-0.25, -0.2) is 9.18 Å². The van der Waals surface area contributed by atoms with Crippen LogP contribution in [-0.2, 0) is 14.3 Å². The number of nitrogens with one attached hydrogen (secondary N) is 1. The SMILES string of the molecule is COC(=O)CC(NC(=O)COc1ccc2ccc(=O)oc2c1)c1ccc(F)cc1. The normalized spacial score (nSPS) is 11.7. The first-order valence-corrected chi connectivity index (χ1v) is 8.73. The maximum Gasteiger partial charge on any atom is 0.336 e. The van der Waals surface area contributed by atoms with E-state index in [1.807, 2.05) is 0 Å². The second kappa shape index (κ2) is 9.01. The molecule has 150 valence electrons. The van der Waals surface area contributed by atoms with Gasteiger partial charge in [0.05, 0.1) is 19.6 Å². The molecule has 0 radical (unpaired) electrons. The summed E-state index contributed by atoms with van der Waals surface area (Å²) in [6.45, 7) is -0.332. The summed E-state index contributed by atoms with van der Waals surface area (Å²) in [4.78, 5) is 35.3. The van der Waals surface area contributed by atoms with Crippen molar-refractivity contribution in [3.8, 4) is 5.75 Å². The summed E-state index contributed by atoms with van der Waals surface area (Å²) >= 11 is 0. The molecule has 0 spiro atoms. The van der Waals surface area contributed by atoms with Crippen molar-refractivity contribution in [1.29, 1.82) is 0 Å². The number of halogens is 1. The van der Waals surface area contributed by atoms with Crippen molar-refractivity contribution in [3.63, 3.8) is 0 Å². The Balaban J connectivity index is 1.67. The van der Waals surface area contributed by atoms with E-state index in [9.17, 15) is 18.8 Å². The van der Waals surface area contributed by atoms with Crippen molar-refractivity contribution >= 4 is 22.8 Å². The molecule has 3 aromatic rings. The van der Waals surface area contributed by atoms with Gasteiger partial charge in [0.1, 0.15) is 17.1 Å². The van der Waals surface area contributed by atoms with E-state index in [1.165, 1.54) is 43.5 Å². The third-order valence-electron chi connectivity index (χ3n) is 4.17. The lowest BCUT2D eigenvalue weighted by Crippen LogP contribution is -2.34. The smallest absolute Gasteiger partial charge is 0.336 e. The van der Waals surface area contributed by atoms with Gasteiger partial charge in [0, 0.05) is 17.5 Å². The lowest BCUT2D eigenvalue weighted by atomic mass is 10.0. The molecule has 1 unspecified atom stereocenters. The molecule has 8 heteroatoms. The molecule has 7 nitrogen and oxygen atoms in total. The minimum atomic E-state index is -0.700. The zero-order valence-corrected chi connectivity index (χ0v) is 15.5. The molecule has 1 amide bonds. The van der Waals surface area contributed by atoms with Gasteiger partial charge in [-0.15, -0.1) is 0 Å². The second-order valence-electron chi connectivity index (χ2n) is 6.19. The molecule has 1 atom stereocenters. The topological polar surface area (TPSA) is 94.8 Å². The number of hydrogen-bond acceptors (Lipinski definition) is 6. The van der Waals surface area contributed by atoms with Crippen LogP contribution in [0.4, 0.5) is 4.39 Å². The monoisotopic (exact) mass is 399 g/mol. The van der Waals surface area contributed by atoms with Gasteiger partial charge in [-0.1, -0.05) is 12.1 Å². The Kier molecular flexibility index (Phi) is 6.23. The highest BCUT2D eigenvalue weighted by Crippen LogP contribution is 2.20. The van der Waals surface area contributed by atoms with E-state index < -0.39 is 29.4 Å². The lowest BCUT2D eigenvalue weighted by Gasteiger charge is -2.18. The van der Waals surface area contributed by atoms with Crippen molar-refractivity contribution < 1.29 is 27.9 Å². The summed E-state index contributed by atoms with van der Waals surface area (Å²) in [5.41, 5.74) is 0.403. The van der Waals surface area contributed by atoms with Crippen molar-refractivity contribution in [2.45, 2.75) is 12.5 Å². The molecule has 0 aliphatic rings. The standard InChI is InChI=1S/C21H18FNO6/c1-27-21(26)11-17(13-2-6-15(22)7-3-13)23-19(24)12-28-16-8-4-14-5-9-20(25)29-18(14)10-16/h2-10,17H,11-12H2,1H3,(H,23,24). The van der Waals surface area contributed by atoms with Crippen molar-refractivity contribution in [3.05, 3.63) is 76.4 Å². The Morgan fingerprint density at radius 2 is 1.83 bits per heavy atom. The van der Waals surface area contributed by atoms with Gasteiger partial charge in [-0.05, 0) is 35.9 Å². The third-order valence-corrected chi connectivity index (χ3v) is 4.17. The summed E-state index contributed by atoms with van der Waals surface area (Å²) in [5, 5.41) is 3.39. The predicted molar refractivity (Wildman–Crippen MR) is 102 cm³/mol. The number of carbonyl (C=O) groups is 2. The van der Waals surface area contributed by atoms with Crippen LogP contribution in [0.25, 0.3) is 11.0 Å². The fraction of sp³-hybridized carbons (Fsp3) is 0.190. The first kappa shape index (κ1) is 20.1. The fourth-order valence-electron chi connectivity index (χ4n) is 2.71. The number of carbonyl (C=O) groups excluding carboxylic acids is 2.